The molecule has 0 bridgehead atoms. The van der Waals surface area contributed by atoms with Crippen molar-refractivity contribution in [2.75, 3.05) is 13.1 Å². The number of hydrogen-bond acceptors (Lipinski definition) is 5. The van der Waals surface area contributed by atoms with E-state index in [-0.39, 0.29) is 36.3 Å². The second-order valence-corrected chi connectivity index (χ2v) is 8.12. The molecular formula is C22H31BN4O4. The Balaban J connectivity index is 2.01. The number of piperidine rings is 1. The Kier molecular flexibility index (Phi) is 9.57. The van der Waals surface area contributed by atoms with Gasteiger partial charge in [-0.1, -0.05) is 50.3 Å². The Morgan fingerprint density at radius 2 is 2.00 bits per heavy atom. The van der Waals surface area contributed by atoms with E-state index >= 15 is 0 Å². The quantitative estimate of drug-likeness (QED) is 0.287. The zero-order valence-electron chi connectivity index (χ0n) is 18.1. The fourth-order valence-corrected chi connectivity index (χ4v) is 3.72. The molecular weight excluding hydrogens is 395 g/mol. The van der Waals surface area contributed by atoms with Crippen molar-refractivity contribution in [1.82, 2.24) is 15.5 Å². The van der Waals surface area contributed by atoms with Gasteiger partial charge >= 0.3 is 13.1 Å². The minimum absolute atomic E-state index is 0.0446. The summed E-state index contributed by atoms with van der Waals surface area (Å²) in [6.07, 6.45) is 4.16. The molecule has 0 saturated carbocycles. The highest BCUT2D eigenvalue weighted by Gasteiger charge is 2.29. The largest absolute Gasteiger partial charge is 0.453 e. The molecule has 0 radical (unpaired) electrons. The van der Waals surface area contributed by atoms with E-state index in [0.717, 1.165) is 24.8 Å². The van der Waals surface area contributed by atoms with Gasteiger partial charge in [0, 0.05) is 25.5 Å². The van der Waals surface area contributed by atoms with Crippen molar-refractivity contribution in [2.45, 2.75) is 51.5 Å². The van der Waals surface area contributed by atoms with Crippen LogP contribution in [0.5, 0.6) is 0 Å². The van der Waals surface area contributed by atoms with Gasteiger partial charge in [-0.3, -0.25) is 4.79 Å². The Morgan fingerprint density at radius 3 is 2.61 bits per heavy atom. The van der Waals surface area contributed by atoms with Crippen molar-refractivity contribution in [1.29, 1.82) is 5.26 Å². The molecule has 1 aliphatic heterocycles. The fourth-order valence-electron chi connectivity index (χ4n) is 3.72. The molecule has 8 nitrogen and oxygen atoms in total. The lowest BCUT2D eigenvalue weighted by atomic mass is 9.79. The molecule has 0 aromatic heterocycles. The number of nitriles is 1. The molecule has 0 aliphatic carbocycles. The predicted molar refractivity (Wildman–Crippen MR) is 119 cm³/mol. The number of carbonyl (C=O) groups is 2. The van der Waals surface area contributed by atoms with E-state index in [1.54, 1.807) is 23.1 Å². The first kappa shape index (κ1) is 24.4. The van der Waals surface area contributed by atoms with Crippen LogP contribution in [0, 0.1) is 17.2 Å². The topological polar surface area (TPSA) is 126 Å². The number of nitrogens with one attached hydrogen (secondary N) is 2. The van der Waals surface area contributed by atoms with E-state index in [1.165, 1.54) is 0 Å². The average Bonchev–Trinajstić information content (AvgIpc) is 2.75. The number of nitrogens with zero attached hydrogens (tertiary/aromatic N) is 2. The van der Waals surface area contributed by atoms with Gasteiger partial charge in [0.25, 0.3) is 5.91 Å². The van der Waals surface area contributed by atoms with E-state index in [9.17, 15) is 24.9 Å². The maximum absolute atomic E-state index is 12.9. The van der Waals surface area contributed by atoms with Crippen LogP contribution in [0.1, 0.15) is 44.7 Å². The zero-order valence-corrected chi connectivity index (χ0v) is 18.1. The number of rotatable bonds is 8. The lowest BCUT2D eigenvalue weighted by Gasteiger charge is -2.36. The normalized spacial score (nSPS) is 17.6. The SMILES string of the molecule is CC(C)C=C(C#N)C(=O)N1CCCC[C@H]1CNC(=O)N[C@H](CB(O)O)c1ccccc1. The van der Waals surface area contributed by atoms with Gasteiger partial charge in [0.2, 0.25) is 0 Å². The van der Waals surface area contributed by atoms with Crippen LogP contribution >= 0.6 is 0 Å². The van der Waals surface area contributed by atoms with Crippen LogP contribution in [0.25, 0.3) is 0 Å². The molecule has 9 heteroatoms. The van der Waals surface area contributed by atoms with Crippen LogP contribution < -0.4 is 10.6 Å². The molecule has 0 spiro atoms. The Labute approximate surface area is 184 Å². The van der Waals surface area contributed by atoms with Crippen LogP contribution in [0.4, 0.5) is 4.79 Å². The number of hydrogen-bond donors (Lipinski definition) is 4. The van der Waals surface area contributed by atoms with Gasteiger partial charge in [-0.05, 0) is 30.7 Å². The smallest absolute Gasteiger partial charge is 0.427 e. The van der Waals surface area contributed by atoms with Gasteiger partial charge < -0.3 is 25.6 Å². The molecule has 2 rings (SSSR count). The predicted octanol–water partition coefficient (Wildman–Crippen LogP) is 1.99. The summed E-state index contributed by atoms with van der Waals surface area (Å²) in [4.78, 5) is 27.0. The number of carbonyl (C=O) groups excluding carboxylic acids is 2. The number of allylic oxidation sites excluding steroid dienone is 1. The third kappa shape index (κ3) is 7.74. The van der Waals surface area contributed by atoms with Gasteiger partial charge in [-0.25, -0.2) is 4.79 Å². The highest BCUT2D eigenvalue weighted by Crippen LogP contribution is 2.20. The molecule has 1 saturated heterocycles. The summed E-state index contributed by atoms with van der Waals surface area (Å²) >= 11 is 0. The zero-order chi connectivity index (χ0) is 22.8. The van der Waals surface area contributed by atoms with Crippen molar-refractivity contribution in [2.24, 2.45) is 5.92 Å². The number of amides is 3. The lowest BCUT2D eigenvalue weighted by molar-refractivity contribution is -0.130. The number of urea groups is 1. The summed E-state index contributed by atoms with van der Waals surface area (Å²) in [5.74, 6) is -0.212. The third-order valence-corrected chi connectivity index (χ3v) is 5.19. The third-order valence-electron chi connectivity index (χ3n) is 5.19. The van der Waals surface area contributed by atoms with Crippen molar-refractivity contribution < 1.29 is 19.6 Å². The first-order valence-corrected chi connectivity index (χ1v) is 10.7. The van der Waals surface area contributed by atoms with Crippen LogP contribution in [0.3, 0.4) is 0 Å². The molecule has 1 aliphatic rings. The molecule has 1 aromatic carbocycles. The maximum Gasteiger partial charge on any atom is 0.453 e. The second-order valence-electron chi connectivity index (χ2n) is 8.12. The Morgan fingerprint density at radius 1 is 1.29 bits per heavy atom. The van der Waals surface area contributed by atoms with Crippen molar-refractivity contribution in [3.8, 4) is 6.07 Å². The lowest BCUT2D eigenvalue weighted by Crippen LogP contribution is -2.51. The summed E-state index contributed by atoms with van der Waals surface area (Å²) in [6, 6.07) is 9.86. The Bertz CT molecular complexity index is 807. The van der Waals surface area contributed by atoms with E-state index in [2.05, 4.69) is 10.6 Å². The first-order chi connectivity index (χ1) is 14.8. The number of likely N-dealkylation sites (tertiary alicyclic amines) is 1. The van der Waals surface area contributed by atoms with E-state index in [1.807, 2.05) is 38.1 Å². The van der Waals surface area contributed by atoms with Gasteiger partial charge in [-0.15, -0.1) is 0 Å². The van der Waals surface area contributed by atoms with Crippen LogP contribution in [-0.4, -0.2) is 53.1 Å². The molecule has 3 amide bonds. The van der Waals surface area contributed by atoms with Gasteiger partial charge in [-0.2, -0.15) is 5.26 Å². The van der Waals surface area contributed by atoms with E-state index in [0.29, 0.717) is 6.54 Å². The molecule has 4 N–H and O–H groups in total. The van der Waals surface area contributed by atoms with Gasteiger partial charge in [0.15, 0.2) is 0 Å². The summed E-state index contributed by atoms with van der Waals surface area (Å²) in [7, 11) is -1.56. The molecule has 1 aromatic rings. The van der Waals surface area contributed by atoms with E-state index < -0.39 is 19.2 Å². The minimum atomic E-state index is -1.56. The molecule has 1 heterocycles. The van der Waals surface area contributed by atoms with Crippen molar-refractivity contribution >= 4 is 19.1 Å². The summed E-state index contributed by atoms with van der Waals surface area (Å²) in [5, 5.41) is 33.7. The average molecular weight is 426 g/mol. The second kappa shape index (κ2) is 12.1. The highest BCUT2D eigenvalue weighted by atomic mass is 16.4. The molecule has 1 fully saturated rings. The molecule has 31 heavy (non-hydrogen) atoms. The Hall–Kier alpha value is -2.83. The molecule has 2 atom stereocenters. The summed E-state index contributed by atoms with van der Waals surface area (Å²) in [6.45, 7) is 4.63. The first-order valence-electron chi connectivity index (χ1n) is 10.7. The monoisotopic (exact) mass is 426 g/mol. The standard InChI is InChI=1S/C22H31BN4O4/c1-16(2)12-18(14-24)21(28)27-11-7-6-10-19(27)15-25-22(29)26-20(13-23(30)31)17-8-4-3-5-9-17/h3-5,8-9,12,16,19-20,30-31H,6-7,10-11,13,15H2,1-2H3,(H2,25,26,29)/t19-,20+/m0/s1. The van der Waals surface area contributed by atoms with E-state index in [4.69, 9.17) is 0 Å². The van der Waals surface area contributed by atoms with Gasteiger partial charge in [0.1, 0.15) is 11.6 Å². The fraction of sp³-hybridized carbons (Fsp3) is 0.500. The van der Waals surface area contributed by atoms with Gasteiger partial charge in [0.05, 0.1) is 6.04 Å². The minimum Gasteiger partial charge on any atom is -0.427 e. The highest BCUT2D eigenvalue weighted by molar-refractivity contribution is 6.41. The summed E-state index contributed by atoms with van der Waals surface area (Å²) in [5.41, 5.74) is 0.894. The van der Waals surface area contributed by atoms with Crippen LogP contribution in [-0.2, 0) is 4.79 Å². The van der Waals surface area contributed by atoms with Crippen LogP contribution in [0.2, 0.25) is 6.32 Å². The van der Waals surface area contributed by atoms with Crippen LogP contribution in [0.15, 0.2) is 42.0 Å². The summed E-state index contributed by atoms with van der Waals surface area (Å²) < 4.78 is 0. The number of benzene rings is 1. The molecule has 0 unspecified atom stereocenters. The van der Waals surface area contributed by atoms with Crippen molar-refractivity contribution in [3.63, 3.8) is 0 Å². The molecule has 166 valence electrons. The maximum atomic E-state index is 12.9. The van der Waals surface area contributed by atoms with Crippen molar-refractivity contribution in [3.05, 3.63) is 47.5 Å².